The van der Waals surface area contributed by atoms with Crippen LogP contribution in [0.3, 0.4) is 0 Å². The maximum atomic E-state index is 12.0. The van der Waals surface area contributed by atoms with Gasteiger partial charge in [-0.05, 0) is 56.0 Å². The molecule has 0 radical (unpaired) electrons. The van der Waals surface area contributed by atoms with Crippen LogP contribution < -0.4 is 0 Å². The predicted octanol–water partition coefficient (Wildman–Crippen LogP) is 3.34. The lowest BCUT2D eigenvalue weighted by molar-refractivity contribution is 0.104. The Hall–Kier alpha value is -2.03. The van der Waals surface area contributed by atoms with Gasteiger partial charge in [-0.1, -0.05) is 11.6 Å². The summed E-state index contributed by atoms with van der Waals surface area (Å²) >= 11 is 0. The van der Waals surface area contributed by atoms with E-state index >= 15 is 0 Å². The molecule has 0 atom stereocenters. The van der Waals surface area contributed by atoms with E-state index in [4.69, 9.17) is 0 Å². The third-order valence-corrected chi connectivity index (χ3v) is 3.03. The number of benzene rings is 1. The highest BCUT2D eigenvalue weighted by Crippen LogP contribution is 2.26. The summed E-state index contributed by atoms with van der Waals surface area (Å²) < 4.78 is 0. The Kier molecular flexibility index (Phi) is 3.51. The molecule has 1 aliphatic carbocycles. The number of phenolic OH excluding ortho intramolecular Hbond substituents is 2. The molecule has 0 fully saturated rings. The zero-order valence-electron chi connectivity index (χ0n) is 10.3. The van der Waals surface area contributed by atoms with Crippen molar-refractivity contribution in [1.82, 2.24) is 0 Å². The first-order valence-corrected chi connectivity index (χ1v) is 6.00. The van der Waals surface area contributed by atoms with Gasteiger partial charge in [0.15, 0.2) is 5.78 Å². The molecule has 0 heterocycles. The minimum absolute atomic E-state index is 0.0232. The number of rotatable bonds is 2. The second kappa shape index (κ2) is 5.08. The second-order valence-corrected chi connectivity index (χ2v) is 4.63. The van der Waals surface area contributed by atoms with Crippen LogP contribution in [0.4, 0.5) is 0 Å². The van der Waals surface area contributed by atoms with Crippen molar-refractivity contribution >= 4 is 5.78 Å². The highest BCUT2D eigenvalue weighted by atomic mass is 16.3. The van der Waals surface area contributed by atoms with Gasteiger partial charge in [0.25, 0.3) is 0 Å². The molecule has 1 aliphatic rings. The summed E-state index contributed by atoms with van der Waals surface area (Å²) in [5.74, 6) is -0.402. The molecule has 0 saturated heterocycles. The average Bonchev–Trinajstić information content (AvgIpc) is 2.32. The zero-order chi connectivity index (χ0) is 13.1. The average molecular weight is 244 g/mol. The van der Waals surface area contributed by atoms with Crippen molar-refractivity contribution in [1.29, 1.82) is 0 Å². The maximum absolute atomic E-state index is 12.0. The molecule has 18 heavy (non-hydrogen) atoms. The molecule has 2 rings (SSSR count). The molecule has 0 aromatic heterocycles. The van der Waals surface area contributed by atoms with Crippen molar-refractivity contribution in [2.45, 2.75) is 26.2 Å². The number of aromatic hydroxyl groups is 2. The Morgan fingerprint density at radius 1 is 1.28 bits per heavy atom. The molecule has 2 N–H and O–H groups in total. The lowest BCUT2D eigenvalue weighted by Gasteiger charge is -2.11. The van der Waals surface area contributed by atoms with Crippen LogP contribution >= 0.6 is 0 Å². The van der Waals surface area contributed by atoms with Gasteiger partial charge in [-0.3, -0.25) is 4.79 Å². The molecular formula is C15H16O3. The Morgan fingerprint density at radius 3 is 2.78 bits per heavy atom. The van der Waals surface area contributed by atoms with Crippen LogP contribution in [0.2, 0.25) is 0 Å². The van der Waals surface area contributed by atoms with Gasteiger partial charge in [-0.15, -0.1) is 0 Å². The summed E-state index contributed by atoms with van der Waals surface area (Å²) in [4.78, 5) is 12.0. The van der Waals surface area contributed by atoms with E-state index in [9.17, 15) is 15.0 Å². The van der Waals surface area contributed by atoms with Crippen LogP contribution in [0.25, 0.3) is 0 Å². The Morgan fingerprint density at radius 2 is 2.06 bits per heavy atom. The number of hydrogen-bond acceptors (Lipinski definition) is 3. The van der Waals surface area contributed by atoms with Crippen molar-refractivity contribution in [2.24, 2.45) is 0 Å². The Labute approximate surface area is 106 Å². The van der Waals surface area contributed by atoms with Gasteiger partial charge in [0.2, 0.25) is 0 Å². The van der Waals surface area contributed by atoms with Crippen LogP contribution in [0.15, 0.2) is 41.5 Å². The topological polar surface area (TPSA) is 57.5 Å². The SMILES string of the molecule is CC1=CC(=CC(=O)c2cc(O)ccc2O)CCC1. The van der Waals surface area contributed by atoms with Gasteiger partial charge >= 0.3 is 0 Å². The molecule has 0 bridgehead atoms. The van der Waals surface area contributed by atoms with Crippen LogP contribution in [-0.2, 0) is 0 Å². The van der Waals surface area contributed by atoms with Crippen molar-refractivity contribution in [3.8, 4) is 11.5 Å². The Balaban J connectivity index is 2.29. The second-order valence-electron chi connectivity index (χ2n) is 4.63. The summed E-state index contributed by atoms with van der Waals surface area (Å²) in [6.07, 6.45) is 6.55. The molecule has 1 aromatic rings. The summed E-state index contributed by atoms with van der Waals surface area (Å²) in [5.41, 5.74) is 2.38. The van der Waals surface area contributed by atoms with Gasteiger partial charge in [-0.2, -0.15) is 0 Å². The largest absolute Gasteiger partial charge is 0.508 e. The fraction of sp³-hybridized carbons (Fsp3) is 0.267. The molecular weight excluding hydrogens is 228 g/mol. The number of hydrogen-bond donors (Lipinski definition) is 2. The van der Waals surface area contributed by atoms with E-state index in [1.807, 2.05) is 13.0 Å². The van der Waals surface area contributed by atoms with Gasteiger partial charge in [0.05, 0.1) is 5.56 Å². The first kappa shape index (κ1) is 12.4. The molecule has 0 spiro atoms. The first-order valence-electron chi connectivity index (χ1n) is 6.00. The number of carbonyl (C=O) groups is 1. The minimum Gasteiger partial charge on any atom is -0.508 e. The minimum atomic E-state index is -0.274. The van der Waals surface area contributed by atoms with Crippen molar-refractivity contribution in [3.63, 3.8) is 0 Å². The van der Waals surface area contributed by atoms with E-state index in [0.717, 1.165) is 24.8 Å². The molecule has 3 heteroatoms. The van der Waals surface area contributed by atoms with Crippen molar-refractivity contribution in [2.75, 3.05) is 0 Å². The smallest absolute Gasteiger partial charge is 0.189 e. The summed E-state index contributed by atoms with van der Waals surface area (Å²) in [7, 11) is 0. The number of allylic oxidation sites excluding steroid dienone is 4. The molecule has 0 saturated carbocycles. The molecule has 0 aliphatic heterocycles. The monoisotopic (exact) mass is 244 g/mol. The standard InChI is InChI=1S/C15H16O3/c1-10-3-2-4-11(7-10)8-15(18)13-9-12(16)5-6-14(13)17/h5-9,16-17H,2-4H2,1H3. The van der Waals surface area contributed by atoms with Crippen LogP contribution in [0, 0.1) is 0 Å². The lowest BCUT2D eigenvalue weighted by atomic mass is 9.94. The zero-order valence-corrected chi connectivity index (χ0v) is 10.3. The normalized spacial score (nSPS) is 17.6. The van der Waals surface area contributed by atoms with E-state index in [1.54, 1.807) is 0 Å². The molecule has 3 nitrogen and oxygen atoms in total. The maximum Gasteiger partial charge on any atom is 0.189 e. The summed E-state index contributed by atoms with van der Waals surface area (Å²) in [5, 5.41) is 18.9. The summed E-state index contributed by atoms with van der Waals surface area (Å²) in [6, 6.07) is 3.96. The molecule has 94 valence electrons. The highest BCUT2D eigenvalue weighted by Gasteiger charge is 2.12. The number of ketones is 1. The van der Waals surface area contributed by atoms with E-state index in [0.29, 0.717) is 0 Å². The van der Waals surface area contributed by atoms with Gasteiger partial charge in [-0.25, -0.2) is 0 Å². The van der Waals surface area contributed by atoms with Crippen molar-refractivity contribution in [3.05, 3.63) is 47.1 Å². The fourth-order valence-electron chi connectivity index (χ4n) is 2.11. The van der Waals surface area contributed by atoms with E-state index in [-0.39, 0.29) is 22.8 Å². The first-order chi connectivity index (χ1) is 8.56. The lowest BCUT2D eigenvalue weighted by Crippen LogP contribution is -1.99. The quantitative estimate of drug-likeness (QED) is 0.476. The van der Waals surface area contributed by atoms with Crippen LogP contribution in [-0.4, -0.2) is 16.0 Å². The van der Waals surface area contributed by atoms with Gasteiger partial charge < -0.3 is 10.2 Å². The third-order valence-electron chi connectivity index (χ3n) is 3.03. The van der Waals surface area contributed by atoms with E-state index in [1.165, 1.54) is 29.8 Å². The fourth-order valence-corrected chi connectivity index (χ4v) is 2.11. The van der Waals surface area contributed by atoms with Crippen LogP contribution in [0.5, 0.6) is 11.5 Å². The Bertz CT molecular complexity index is 539. The molecule has 0 unspecified atom stereocenters. The highest BCUT2D eigenvalue weighted by molar-refractivity contribution is 6.07. The van der Waals surface area contributed by atoms with E-state index < -0.39 is 0 Å². The molecule has 1 aromatic carbocycles. The molecule has 0 amide bonds. The van der Waals surface area contributed by atoms with Gasteiger partial charge in [0, 0.05) is 0 Å². The van der Waals surface area contributed by atoms with Crippen LogP contribution in [0.1, 0.15) is 36.5 Å². The number of carbonyl (C=O) groups excluding carboxylic acids is 1. The number of phenols is 2. The third kappa shape index (κ3) is 2.80. The van der Waals surface area contributed by atoms with Gasteiger partial charge in [0.1, 0.15) is 11.5 Å². The van der Waals surface area contributed by atoms with Crippen molar-refractivity contribution < 1.29 is 15.0 Å². The summed E-state index contributed by atoms with van der Waals surface area (Å²) in [6.45, 7) is 2.04. The predicted molar refractivity (Wildman–Crippen MR) is 69.8 cm³/mol. The van der Waals surface area contributed by atoms with E-state index in [2.05, 4.69) is 0 Å².